The molecule has 0 saturated carbocycles. The molecule has 2 N–H and O–H groups in total. The quantitative estimate of drug-likeness (QED) is 0.744. The highest BCUT2D eigenvalue weighted by atomic mass is 16.5. The molecule has 1 atom stereocenters. The van der Waals surface area contributed by atoms with Gasteiger partial charge in [0, 0.05) is 44.2 Å². The number of fused-ring (bicyclic) bond motifs is 2. The fourth-order valence-electron chi connectivity index (χ4n) is 4.28. The average Bonchev–Trinajstić information content (AvgIpc) is 3.14. The van der Waals surface area contributed by atoms with Gasteiger partial charge in [0.05, 0.1) is 12.2 Å². The van der Waals surface area contributed by atoms with Gasteiger partial charge < -0.3 is 20.3 Å². The lowest BCUT2D eigenvalue weighted by molar-refractivity contribution is 0.0957. The Morgan fingerprint density at radius 2 is 2.03 bits per heavy atom. The molecule has 1 amide bonds. The van der Waals surface area contributed by atoms with Crippen molar-refractivity contribution in [1.82, 2.24) is 10.6 Å². The molecule has 2 aliphatic heterocycles. The number of hydrogen-bond donors (Lipinski definition) is 2. The lowest BCUT2D eigenvalue weighted by atomic mass is 9.92. The van der Waals surface area contributed by atoms with Gasteiger partial charge in [-0.05, 0) is 46.9 Å². The molecule has 2 aromatic rings. The summed E-state index contributed by atoms with van der Waals surface area (Å²) >= 11 is 0. The van der Waals surface area contributed by atoms with Crippen molar-refractivity contribution in [1.29, 1.82) is 0 Å². The summed E-state index contributed by atoms with van der Waals surface area (Å²) in [6, 6.07) is 9.62. The summed E-state index contributed by atoms with van der Waals surface area (Å²) in [5, 5.41) is 6.08. The van der Waals surface area contributed by atoms with Gasteiger partial charge in [-0.2, -0.15) is 0 Å². The van der Waals surface area contributed by atoms with Crippen molar-refractivity contribution in [3.8, 4) is 5.75 Å². The van der Waals surface area contributed by atoms with Crippen molar-refractivity contribution in [3.05, 3.63) is 58.1 Å². The third-order valence-electron chi connectivity index (χ3n) is 6.06. The molecule has 0 aliphatic carbocycles. The third-order valence-corrected chi connectivity index (χ3v) is 6.06. The van der Waals surface area contributed by atoms with Crippen LogP contribution in [0.4, 0.5) is 5.69 Å². The standard InChI is InChI=1S/C24H29N3O3/c1-14(2)19-10-16(11-21-23(19)30-8-7-27(21)4)22(28)12-20-18-6-5-15(24(29)25-3)9-17(18)13-26-20/h5-6,9-11,14,20,26H,7-8,12-13H2,1-4H3,(H,25,29). The average molecular weight is 408 g/mol. The highest BCUT2D eigenvalue weighted by Crippen LogP contribution is 2.40. The Bertz CT molecular complexity index is 982. The van der Waals surface area contributed by atoms with E-state index in [-0.39, 0.29) is 23.7 Å². The van der Waals surface area contributed by atoms with E-state index in [4.69, 9.17) is 4.74 Å². The van der Waals surface area contributed by atoms with Gasteiger partial charge >= 0.3 is 0 Å². The second kappa shape index (κ2) is 8.11. The van der Waals surface area contributed by atoms with Crippen LogP contribution in [0.5, 0.6) is 5.75 Å². The largest absolute Gasteiger partial charge is 0.489 e. The lowest BCUT2D eigenvalue weighted by Crippen LogP contribution is -2.30. The summed E-state index contributed by atoms with van der Waals surface area (Å²) in [6.45, 7) is 6.39. The highest BCUT2D eigenvalue weighted by molar-refractivity contribution is 5.98. The van der Waals surface area contributed by atoms with E-state index in [9.17, 15) is 9.59 Å². The van der Waals surface area contributed by atoms with Crippen LogP contribution in [0.15, 0.2) is 30.3 Å². The van der Waals surface area contributed by atoms with E-state index in [0.29, 0.717) is 25.1 Å². The molecule has 2 heterocycles. The Morgan fingerprint density at radius 1 is 1.23 bits per heavy atom. The van der Waals surface area contributed by atoms with Gasteiger partial charge in [-0.15, -0.1) is 0 Å². The van der Waals surface area contributed by atoms with E-state index in [1.165, 1.54) is 0 Å². The Labute approximate surface area is 177 Å². The van der Waals surface area contributed by atoms with Crippen LogP contribution in [-0.4, -0.2) is 38.9 Å². The van der Waals surface area contributed by atoms with Gasteiger partial charge in [0.15, 0.2) is 5.78 Å². The Kier molecular flexibility index (Phi) is 5.52. The van der Waals surface area contributed by atoms with E-state index < -0.39 is 0 Å². The van der Waals surface area contributed by atoms with Gasteiger partial charge in [-0.1, -0.05) is 19.9 Å². The van der Waals surface area contributed by atoms with E-state index in [2.05, 4.69) is 29.4 Å². The van der Waals surface area contributed by atoms with Crippen LogP contribution in [0, 0.1) is 0 Å². The van der Waals surface area contributed by atoms with Crippen molar-refractivity contribution in [2.24, 2.45) is 0 Å². The van der Waals surface area contributed by atoms with Crippen molar-refractivity contribution < 1.29 is 14.3 Å². The summed E-state index contributed by atoms with van der Waals surface area (Å²) in [7, 11) is 3.67. The number of nitrogens with zero attached hydrogens (tertiary/aromatic N) is 1. The van der Waals surface area contributed by atoms with Gasteiger partial charge in [0.1, 0.15) is 12.4 Å². The van der Waals surface area contributed by atoms with Crippen molar-refractivity contribution in [2.75, 3.05) is 32.1 Å². The predicted octanol–water partition coefficient (Wildman–Crippen LogP) is 3.42. The van der Waals surface area contributed by atoms with Crippen LogP contribution < -0.4 is 20.3 Å². The Morgan fingerprint density at radius 3 is 2.77 bits per heavy atom. The summed E-state index contributed by atoms with van der Waals surface area (Å²) in [6.07, 6.45) is 0.382. The number of hydrogen-bond acceptors (Lipinski definition) is 5. The number of Topliss-reactive ketones (excluding diaryl/α,β-unsaturated/α-hetero) is 1. The van der Waals surface area contributed by atoms with E-state index in [0.717, 1.165) is 40.2 Å². The molecular weight excluding hydrogens is 378 g/mol. The maximum Gasteiger partial charge on any atom is 0.251 e. The second-order valence-electron chi connectivity index (χ2n) is 8.39. The minimum atomic E-state index is -0.0982. The molecule has 0 spiro atoms. The van der Waals surface area contributed by atoms with Crippen molar-refractivity contribution in [2.45, 2.75) is 38.8 Å². The lowest BCUT2D eigenvalue weighted by Gasteiger charge is -2.31. The topological polar surface area (TPSA) is 70.7 Å². The zero-order valence-electron chi connectivity index (χ0n) is 18.0. The number of carbonyl (C=O) groups is 2. The molecule has 0 aromatic heterocycles. The minimum Gasteiger partial charge on any atom is -0.489 e. The SMILES string of the molecule is CNC(=O)c1ccc2c(c1)CNC2CC(=O)c1cc(C(C)C)c2c(c1)N(C)CCO2. The number of carbonyl (C=O) groups excluding carboxylic acids is 2. The zero-order chi connectivity index (χ0) is 21.4. The molecule has 30 heavy (non-hydrogen) atoms. The number of amides is 1. The smallest absolute Gasteiger partial charge is 0.251 e. The van der Waals surface area contributed by atoms with E-state index >= 15 is 0 Å². The zero-order valence-corrected chi connectivity index (χ0v) is 18.0. The fraction of sp³-hybridized carbons (Fsp3) is 0.417. The summed E-state index contributed by atoms with van der Waals surface area (Å²) in [5.74, 6) is 1.19. The number of ketones is 1. The molecule has 0 radical (unpaired) electrons. The number of likely N-dealkylation sites (N-methyl/N-ethyl adjacent to an activating group) is 1. The number of rotatable bonds is 5. The van der Waals surface area contributed by atoms with Crippen LogP contribution in [0.2, 0.25) is 0 Å². The van der Waals surface area contributed by atoms with Crippen LogP contribution >= 0.6 is 0 Å². The summed E-state index contributed by atoms with van der Waals surface area (Å²) in [4.78, 5) is 27.3. The first-order valence-corrected chi connectivity index (χ1v) is 10.5. The Balaban J connectivity index is 1.59. The molecule has 0 fully saturated rings. The molecule has 6 nitrogen and oxygen atoms in total. The first kappa shape index (κ1) is 20.4. The Hall–Kier alpha value is -2.86. The molecule has 0 bridgehead atoms. The number of ether oxygens (including phenoxy) is 1. The molecule has 6 heteroatoms. The maximum absolute atomic E-state index is 13.2. The molecule has 1 unspecified atom stereocenters. The van der Waals surface area contributed by atoms with Crippen LogP contribution in [0.1, 0.15) is 69.6 Å². The number of anilines is 1. The first-order valence-electron chi connectivity index (χ1n) is 10.5. The van der Waals surface area contributed by atoms with Crippen LogP contribution in [0.25, 0.3) is 0 Å². The molecule has 0 saturated heterocycles. The first-order chi connectivity index (χ1) is 14.4. The van der Waals surface area contributed by atoms with Crippen LogP contribution in [-0.2, 0) is 6.54 Å². The van der Waals surface area contributed by atoms with E-state index in [1.54, 1.807) is 7.05 Å². The van der Waals surface area contributed by atoms with Gasteiger partial charge in [-0.3, -0.25) is 9.59 Å². The van der Waals surface area contributed by atoms with Gasteiger partial charge in [0.2, 0.25) is 0 Å². The third kappa shape index (κ3) is 3.67. The normalized spacial score (nSPS) is 17.4. The molecule has 2 aromatic carbocycles. The number of nitrogens with one attached hydrogen (secondary N) is 2. The molecule has 2 aliphatic rings. The summed E-state index contributed by atoms with van der Waals surface area (Å²) < 4.78 is 5.94. The maximum atomic E-state index is 13.2. The molecule has 4 rings (SSSR count). The van der Waals surface area contributed by atoms with Crippen LogP contribution in [0.3, 0.4) is 0 Å². The molecule has 158 valence electrons. The minimum absolute atomic E-state index is 0.0428. The monoisotopic (exact) mass is 407 g/mol. The second-order valence-corrected chi connectivity index (χ2v) is 8.39. The summed E-state index contributed by atoms with van der Waals surface area (Å²) in [5.41, 5.74) is 5.62. The predicted molar refractivity (Wildman–Crippen MR) is 118 cm³/mol. The van der Waals surface area contributed by atoms with Crippen molar-refractivity contribution >= 4 is 17.4 Å². The van der Waals surface area contributed by atoms with E-state index in [1.807, 2.05) is 37.4 Å². The highest BCUT2D eigenvalue weighted by Gasteiger charge is 2.28. The van der Waals surface area contributed by atoms with Crippen molar-refractivity contribution in [3.63, 3.8) is 0 Å². The van der Waals surface area contributed by atoms with Gasteiger partial charge in [0.25, 0.3) is 5.91 Å². The molecular formula is C24H29N3O3. The van der Waals surface area contributed by atoms with Gasteiger partial charge in [-0.25, -0.2) is 0 Å². The number of benzene rings is 2. The fourth-order valence-corrected chi connectivity index (χ4v) is 4.28.